The van der Waals surface area contributed by atoms with Gasteiger partial charge in [-0.15, -0.1) is 0 Å². The zero-order valence-electron chi connectivity index (χ0n) is 16.2. The lowest BCUT2D eigenvalue weighted by Gasteiger charge is -2.10. The number of aliphatic carboxylic acids is 1. The molecule has 0 aliphatic heterocycles. The summed E-state index contributed by atoms with van der Waals surface area (Å²) in [6.07, 6.45) is 0. The van der Waals surface area contributed by atoms with Gasteiger partial charge in [-0.05, 0) is 54.4 Å². The van der Waals surface area contributed by atoms with Gasteiger partial charge in [0.25, 0.3) is 0 Å². The minimum Gasteiger partial charge on any atom is -0.481 e. The fraction of sp³-hybridized carbons (Fsp3) is 0.130. The van der Waals surface area contributed by atoms with Gasteiger partial charge in [0.15, 0.2) is 6.61 Å². The summed E-state index contributed by atoms with van der Waals surface area (Å²) in [5, 5.41) is 11.0. The van der Waals surface area contributed by atoms with Gasteiger partial charge in [-0.3, -0.25) is 4.79 Å². The van der Waals surface area contributed by atoms with Gasteiger partial charge < -0.3 is 20.1 Å². The summed E-state index contributed by atoms with van der Waals surface area (Å²) in [6, 6.07) is 16.7. The van der Waals surface area contributed by atoms with Crippen LogP contribution in [0, 0.1) is 6.92 Å². The molecule has 152 valence electrons. The average Bonchev–Trinajstić information content (AvgIpc) is 3.01. The van der Waals surface area contributed by atoms with E-state index in [1.54, 1.807) is 18.2 Å². The maximum absolute atomic E-state index is 12.2. The van der Waals surface area contributed by atoms with Crippen LogP contribution >= 0.6 is 11.6 Å². The Morgan fingerprint density at radius 2 is 1.80 bits per heavy atom. The number of carboxylic acids is 1. The van der Waals surface area contributed by atoms with Crippen LogP contribution in [0.15, 0.2) is 54.6 Å². The number of hydrogen-bond donors (Lipinski definition) is 2. The Labute approximate surface area is 177 Å². The first-order valence-corrected chi connectivity index (χ1v) is 9.67. The van der Waals surface area contributed by atoms with E-state index in [0.717, 1.165) is 22.2 Å². The Bertz CT molecular complexity index is 1290. The molecule has 0 radical (unpaired) electrons. The molecule has 4 aromatic rings. The molecular weight excluding hydrogens is 404 g/mol. The predicted molar refractivity (Wildman–Crippen MR) is 116 cm³/mol. The van der Waals surface area contributed by atoms with E-state index in [0.29, 0.717) is 33.7 Å². The molecule has 0 bridgehead atoms. The summed E-state index contributed by atoms with van der Waals surface area (Å²) in [7, 11) is 0. The highest BCUT2D eigenvalue weighted by Crippen LogP contribution is 2.39. The number of aromatic nitrogens is 1. The van der Waals surface area contributed by atoms with Gasteiger partial charge in [0.2, 0.25) is 5.91 Å². The van der Waals surface area contributed by atoms with Crippen LogP contribution in [0.1, 0.15) is 21.5 Å². The molecule has 0 atom stereocenters. The van der Waals surface area contributed by atoms with Crippen molar-refractivity contribution in [1.29, 1.82) is 0 Å². The maximum Gasteiger partial charge on any atom is 0.341 e. The minimum atomic E-state index is -1.08. The van der Waals surface area contributed by atoms with E-state index in [1.807, 2.05) is 43.3 Å². The summed E-state index contributed by atoms with van der Waals surface area (Å²) in [5.41, 5.74) is 9.58. The maximum atomic E-state index is 12.2. The van der Waals surface area contributed by atoms with Crippen molar-refractivity contribution in [3.8, 4) is 5.75 Å². The van der Waals surface area contributed by atoms with Crippen molar-refractivity contribution >= 4 is 45.3 Å². The molecule has 0 aliphatic rings. The van der Waals surface area contributed by atoms with Gasteiger partial charge in [-0.1, -0.05) is 29.8 Å². The quantitative estimate of drug-likeness (QED) is 0.482. The number of amides is 1. The normalized spacial score (nSPS) is 11.1. The number of primary amides is 1. The molecule has 0 saturated heterocycles. The van der Waals surface area contributed by atoms with E-state index < -0.39 is 18.5 Å². The van der Waals surface area contributed by atoms with Crippen LogP contribution in [-0.2, 0) is 11.3 Å². The van der Waals surface area contributed by atoms with Gasteiger partial charge >= 0.3 is 5.97 Å². The number of carbonyl (C=O) groups is 2. The molecule has 1 aromatic heterocycles. The standard InChI is InChI=1S/C23H19ClN2O4/c1-13-9-18-22(19(10-13)30-12-20(27)28)21-16(23(25)29)3-2-4-17(21)26(18)11-14-5-7-15(24)8-6-14/h2-10H,11-12H2,1H3,(H2,25,29)(H,27,28). The number of fused-ring (bicyclic) bond motifs is 3. The highest BCUT2D eigenvalue weighted by Gasteiger charge is 2.20. The smallest absolute Gasteiger partial charge is 0.341 e. The van der Waals surface area contributed by atoms with Crippen LogP contribution in [0.4, 0.5) is 0 Å². The van der Waals surface area contributed by atoms with Crippen LogP contribution in [-0.4, -0.2) is 28.2 Å². The molecule has 3 N–H and O–H groups in total. The topological polar surface area (TPSA) is 94.6 Å². The lowest BCUT2D eigenvalue weighted by atomic mass is 10.0. The molecule has 6 nitrogen and oxygen atoms in total. The largest absolute Gasteiger partial charge is 0.481 e. The average molecular weight is 423 g/mol. The van der Waals surface area contributed by atoms with Crippen molar-refractivity contribution < 1.29 is 19.4 Å². The first-order chi connectivity index (χ1) is 14.3. The number of nitrogens with zero attached hydrogens (tertiary/aromatic N) is 1. The van der Waals surface area contributed by atoms with Crippen LogP contribution in [0.25, 0.3) is 21.8 Å². The van der Waals surface area contributed by atoms with Gasteiger partial charge in [-0.25, -0.2) is 4.79 Å². The predicted octanol–water partition coefficient (Wildman–Crippen LogP) is 4.37. The van der Waals surface area contributed by atoms with E-state index in [-0.39, 0.29) is 0 Å². The van der Waals surface area contributed by atoms with Crippen LogP contribution in [0.3, 0.4) is 0 Å². The lowest BCUT2D eigenvalue weighted by molar-refractivity contribution is -0.139. The summed E-state index contributed by atoms with van der Waals surface area (Å²) in [4.78, 5) is 23.3. The highest BCUT2D eigenvalue weighted by molar-refractivity contribution is 6.30. The molecule has 30 heavy (non-hydrogen) atoms. The Morgan fingerprint density at radius 3 is 2.47 bits per heavy atom. The molecule has 0 aliphatic carbocycles. The molecule has 3 aromatic carbocycles. The van der Waals surface area contributed by atoms with Crippen LogP contribution in [0.2, 0.25) is 5.02 Å². The van der Waals surface area contributed by atoms with Crippen LogP contribution in [0.5, 0.6) is 5.75 Å². The van der Waals surface area contributed by atoms with Gasteiger partial charge in [0.1, 0.15) is 5.75 Å². The molecule has 1 heterocycles. The summed E-state index contributed by atoms with van der Waals surface area (Å²) >= 11 is 6.02. The zero-order chi connectivity index (χ0) is 21.4. The zero-order valence-corrected chi connectivity index (χ0v) is 16.9. The molecule has 0 saturated carbocycles. The fourth-order valence-electron chi connectivity index (χ4n) is 3.76. The third-order valence-electron chi connectivity index (χ3n) is 4.97. The van der Waals surface area contributed by atoms with E-state index >= 15 is 0 Å². The van der Waals surface area contributed by atoms with Gasteiger partial charge in [-0.2, -0.15) is 0 Å². The van der Waals surface area contributed by atoms with E-state index in [9.17, 15) is 9.59 Å². The first kappa shape index (κ1) is 19.8. The van der Waals surface area contributed by atoms with Crippen molar-refractivity contribution in [2.75, 3.05) is 6.61 Å². The number of benzene rings is 3. The Hall–Kier alpha value is -3.51. The SMILES string of the molecule is Cc1cc(OCC(=O)O)c2c3c(C(N)=O)cccc3n(Cc3ccc(Cl)cc3)c2c1. The first-order valence-electron chi connectivity index (χ1n) is 9.29. The number of rotatable bonds is 6. The third kappa shape index (κ3) is 3.57. The summed E-state index contributed by atoms with van der Waals surface area (Å²) in [6.45, 7) is 1.95. The number of ether oxygens (including phenoxy) is 1. The number of aryl methyl sites for hydroxylation is 1. The molecule has 0 unspecified atom stereocenters. The Morgan fingerprint density at radius 1 is 1.07 bits per heavy atom. The molecule has 0 fully saturated rings. The molecule has 4 rings (SSSR count). The Kier molecular flexibility index (Phi) is 5.10. The van der Waals surface area contributed by atoms with Crippen molar-refractivity contribution in [2.24, 2.45) is 5.73 Å². The van der Waals surface area contributed by atoms with Crippen LogP contribution < -0.4 is 10.5 Å². The Balaban J connectivity index is 2.04. The number of nitrogens with two attached hydrogens (primary N) is 1. The molecular formula is C23H19ClN2O4. The second kappa shape index (κ2) is 7.72. The molecule has 1 amide bonds. The summed E-state index contributed by atoms with van der Waals surface area (Å²) in [5.74, 6) is -1.23. The number of halogens is 1. The lowest BCUT2D eigenvalue weighted by Crippen LogP contribution is -2.11. The number of hydrogen-bond acceptors (Lipinski definition) is 3. The second-order valence-corrected chi connectivity index (χ2v) is 7.55. The fourth-order valence-corrected chi connectivity index (χ4v) is 3.88. The third-order valence-corrected chi connectivity index (χ3v) is 5.22. The van der Waals surface area contributed by atoms with Gasteiger partial charge in [0, 0.05) is 22.5 Å². The van der Waals surface area contributed by atoms with Gasteiger partial charge in [0.05, 0.1) is 16.4 Å². The van der Waals surface area contributed by atoms with Crippen molar-refractivity contribution in [3.05, 3.63) is 76.3 Å². The summed E-state index contributed by atoms with van der Waals surface area (Å²) < 4.78 is 7.67. The highest BCUT2D eigenvalue weighted by atomic mass is 35.5. The monoisotopic (exact) mass is 422 g/mol. The second-order valence-electron chi connectivity index (χ2n) is 7.12. The molecule has 0 spiro atoms. The van der Waals surface area contributed by atoms with Crippen molar-refractivity contribution in [3.63, 3.8) is 0 Å². The van der Waals surface area contributed by atoms with Crippen molar-refractivity contribution in [2.45, 2.75) is 13.5 Å². The van der Waals surface area contributed by atoms with Crippen molar-refractivity contribution in [1.82, 2.24) is 4.57 Å². The van der Waals surface area contributed by atoms with E-state index in [2.05, 4.69) is 4.57 Å². The molecule has 7 heteroatoms. The number of carboxylic acid groups (broad SMARTS) is 1. The van der Waals surface area contributed by atoms with E-state index in [4.69, 9.17) is 27.2 Å². The van der Waals surface area contributed by atoms with E-state index in [1.165, 1.54) is 0 Å². The number of carbonyl (C=O) groups excluding carboxylic acids is 1. The minimum absolute atomic E-state index is 0.358.